The first-order valence-electron chi connectivity index (χ1n) is 8.88. The van der Waals surface area contributed by atoms with E-state index in [1.54, 1.807) is 25.3 Å². The molecular formula is C20H29N3O3. The van der Waals surface area contributed by atoms with E-state index in [1.807, 2.05) is 50.1 Å². The number of hydrogen-bond donors (Lipinski definition) is 2. The van der Waals surface area contributed by atoms with Crippen LogP contribution in [0.15, 0.2) is 52.1 Å². The van der Waals surface area contributed by atoms with E-state index >= 15 is 0 Å². The first kappa shape index (κ1) is 19.8. The molecule has 1 aromatic carbocycles. The summed E-state index contributed by atoms with van der Waals surface area (Å²) < 4.78 is 11.2. The highest BCUT2D eigenvalue weighted by Crippen LogP contribution is 2.21. The molecule has 0 saturated heterocycles. The Morgan fingerprint density at radius 1 is 1.31 bits per heavy atom. The zero-order chi connectivity index (χ0) is 19.0. The second-order valence-corrected chi connectivity index (χ2v) is 6.46. The maximum atomic E-state index is 10.6. The van der Waals surface area contributed by atoms with Crippen molar-refractivity contribution in [3.63, 3.8) is 0 Å². The number of ether oxygens (including phenoxy) is 1. The van der Waals surface area contributed by atoms with Crippen molar-refractivity contribution in [1.29, 1.82) is 0 Å². The summed E-state index contributed by atoms with van der Waals surface area (Å²) in [7, 11) is 1.95. The molecule has 0 bridgehead atoms. The van der Waals surface area contributed by atoms with Gasteiger partial charge in [-0.15, -0.1) is 0 Å². The lowest BCUT2D eigenvalue weighted by molar-refractivity contribution is 0.0435. The van der Waals surface area contributed by atoms with Gasteiger partial charge in [-0.05, 0) is 44.5 Å². The van der Waals surface area contributed by atoms with Gasteiger partial charge < -0.3 is 24.5 Å². The third-order valence-corrected chi connectivity index (χ3v) is 4.06. The fourth-order valence-electron chi connectivity index (χ4n) is 2.48. The number of likely N-dealkylation sites (N-methyl/N-ethyl adjacent to an activating group) is 1. The summed E-state index contributed by atoms with van der Waals surface area (Å²) in [5, 5.41) is 13.8. The Morgan fingerprint density at radius 2 is 2.08 bits per heavy atom. The largest absolute Gasteiger partial charge is 0.491 e. The Morgan fingerprint density at radius 3 is 2.73 bits per heavy atom. The monoisotopic (exact) mass is 359 g/mol. The van der Waals surface area contributed by atoms with Crippen molar-refractivity contribution in [2.45, 2.75) is 26.4 Å². The number of nitrogens with one attached hydrogen (secondary N) is 1. The SMILES string of the molecule is CCNC(=NCC(C)(O)c1ccco1)N(C)CCOc1ccccc1C. The van der Waals surface area contributed by atoms with E-state index in [2.05, 4.69) is 10.3 Å². The van der Waals surface area contributed by atoms with Crippen LogP contribution in [-0.2, 0) is 5.60 Å². The predicted octanol–water partition coefficient (Wildman–Crippen LogP) is 2.77. The third-order valence-electron chi connectivity index (χ3n) is 4.06. The van der Waals surface area contributed by atoms with Crippen molar-refractivity contribution in [2.75, 3.05) is 33.3 Å². The molecule has 2 aromatic rings. The van der Waals surface area contributed by atoms with Crippen LogP contribution in [0.1, 0.15) is 25.2 Å². The van der Waals surface area contributed by atoms with Gasteiger partial charge in [0.1, 0.15) is 23.7 Å². The molecule has 2 rings (SSSR count). The standard InChI is InChI=1S/C20H29N3O3/c1-5-21-19(22-15-20(3,24)18-11-8-13-26-18)23(4)12-14-25-17-10-7-6-9-16(17)2/h6-11,13,24H,5,12,14-15H2,1-4H3,(H,21,22). The highest BCUT2D eigenvalue weighted by molar-refractivity contribution is 5.79. The molecule has 1 heterocycles. The number of aliphatic imine (C=N–C) groups is 1. The Bertz CT molecular complexity index is 696. The van der Waals surface area contributed by atoms with Crippen LogP contribution < -0.4 is 10.1 Å². The van der Waals surface area contributed by atoms with Crippen LogP contribution in [0.2, 0.25) is 0 Å². The summed E-state index contributed by atoms with van der Waals surface area (Å²) in [6, 6.07) is 11.5. The Hall–Kier alpha value is -2.47. The normalized spacial score (nSPS) is 14.0. The summed E-state index contributed by atoms with van der Waals surface area (Å²) in [5.74, 6) is 2.11. The van der Waals surface area contributed by atoms with E-state index < -0.39 is 5.60 Å². The molecule has 26 heavy (non-hydrogen) atoms. The van der Waals surface area contributed by atoms with E-state index in [4.69, 9.17) is 9.15 Å². The van der Waals surface area contributed by atoms with Gasteiger partial charge in [-0.3, -0.25) is 0 Å². The van der Waals surface area contributed by atoms with Crippen molar-refractivity contribution in [2.24, 2.45) is 4.99 Å². The maximum Gasteiger partial charge on any atom is 0.193 e. The van der Waals surface area contributed by atoms with Gasteiger partial charge in [-0.25, -0.2) is 4.99 Å². The number of benzene rings is 1. The molecule has 142 valence electrons. The molecule has 0 fully saturated rings. The van der Waals surface area contributed by atoms with Crippen LogP contribution in [0.3, 0.4) is 0 Å². The lowest BCUT2D eigenvalue weighted by Gasteiger charge is -2.24. The first-order valence-corrected chi connectivity index (χ1v) is 8.88. The van der Waals surface area contributed by atoms with Gasteiger partial charge in [-0.2, -0.15) is 0 Å². The molecule has 1 aromatic heterocycles. The number of furan rings is 1. The Balaban J connectivity index is 1.93. The zero-order valence-corrected chi connectivity index (χ0v) is 16.0. The van der Waals surface area contributed by atoms with Crippen molar-refractivity contribution >= 4 is 5.96 Å². The molecular weight excluding hydrogens is 330 g/mol. The minimum Gasteiger partial charge on any atom is -0.491 e. The molecule has 0 amide bonds. The molecule has 6 nitrogen and oxygen atoms in total. The van der Waals surface area contributed by atoms with Crippen LogP contribution in [-0.4, -0.2) is 49.3 Å². The summed E-state index contributed by atoms with van der Waals surface area (Å²) in [6.45, 7) is 7.89. The van der Waals surface area contributed by atoms with Crippen molar-refractivity contribution in [1.82, 2.24) is 10.2 Å². The number of aliphatic hydroxyl groups is 1. The Labute approximate surface area is 155 Å². The molecule has 0 saturated carbocycles. The van der Waals surface area contributed by atoms with Crippen LogP contribution in [0, 0.1) is 6.92 Å². The summed E-state index contributed by atoms with van der Waals surface area (Å²) in [4.78, 5) is 6.54. The van der Waals surface area contributed by atoms with Crippen molar-refractivity contribution < 1.29 is 14.3 Å². The third kappa shape index (κ3) is 5.52. The Kier molecular flexibility index (Phi) is 7.09. The average Bonchev–Trinajstić information content (AvgIpc) is 3.16. The smallest absolute Gasteiger partial charge is 0.193 e. The number of rotatable bonds is 8. The molecule has 0 aliphatic heterocycles. The number of nitrogens with zero attached hydrogens (tertiary/aromatic N) is 2. The van der Waals surface area contributed by atoms with Gasteiger partial charge in [0.25, 0.3) is 0 Å². The van der Waals surface area contributed by atoms with Gasteiger partial charge in [0, 0.05) is 13.6 Å². The summed E-state index contributed by atoms with van der Waals surface area (Å²) in [6.07, 6.45) is 1.55. The fraction of sp³-hybridized carbons (Fsp3) is 0.450. The van der Waals surface area contributed by atoms with Crippen LogP contribution in [0.25, 0.3) is 0 Å². The van der Waals surface area contributed by atoms with Crippen molar-refractivity contribution in [3.8, 4) is 5.75 Å². The molecule has 0 aliphatic carbocycles. The van der Waals surface area contributed by atoms with Gasteiger partial charge in [-0.1, -0.05) is 18.2 Å². The highest BCUT2D eigenvalue weighted by Gasteiger charge is 2.26. The predicted molar refractivity (Wildman–Crippen MR) is 104 cm³/mol. The minimum absolute atomic E-state index is 0.200. The van der Waals surface area contributed by atoms with Gasteiger partial charge in [0.2, 0.25) is 0 Å². The maximum absolute atomic E-state index is 10.6. The fourth-order valence-corrected chi connectivity index (χ4v) is 2.48. The molecule has 0 spiro atoms. The van der Waals surface area contributed by atoms with Crippen LogP contribution in [0.4, 0.5) is 0 Å². The number of aryl methyl sites for hydroxylation is 1. The highest BCUT2D eigenvalue weighted by atomic mass is 16.5. The molecule has 1 unspecified atom stereocenters. The zero-order valence-electron chi connectivity index (χ0n) is 16.0. The van der Waals surface area contributed by atoms with E-state index in [-0.39, 0.29) is 6.54 Å². The van der Waals surface area contributed by atoms with Crippen LogP contribution >= 0.6 is 0 Å². The minimum atomic E-state index is -1.15. The first-order chi connectivity index (χ1) is 12.4. The van der Waals surface area contributed by atoms with Gasteiger partial charge in [0.15, 0.2) is 5.96 Å². The lowest BCUT2D eigenvalue weighted by Crippen LogP contribution is -2.42. The summed E-state index contributed by atoms with van der Waals surface area (Å²) >= 11 is 0. The van der Waals surface area contributed by atoms with Crippen LogP contribution in [0.5, 0.6) is 5.75 Å². The number of hydrogen-bond acceptors (Lipinski definition) is 4. The second-order valence-electron chi connectivity index (χ2n) is 6.46. The van der Waals surface area contributed by atoms with E-state index in [1.165, 1.54) is 0 Å². The molecule has 6 heteroatoms. The lowest BCUT2D eigenvalue weighted by atomic mass is 10.0. The quantitative estimate of drug-likeness (QED) is 0.560. The van der Waals surface area contributed by atoms with E-state index in [0.29, 0.717) is 24.9 Å². The van der Waals surface area contributed by atoms with E-state index in [0.717, 1.165) is 17.9 Å². The molecule has 0 aliphatic rings. The average molecular weight is 359 g/mol. The topological polar surface area (TPSA) is 70.2 Å². The van der Waals surface area contributed by atoms with Gasteiger partial charge in [0.05, 0.1) is 19.4 Å². The van der Waals surface area contributed by atoms with Crippen molar-refractivity contribution in [3.05, 3.63) is 54.0 Å². The number of guanidine groups is 1. The molecule has 2 N–H and O–H groups in total. The molecule has 0 radical (unpaired) electrons. The van der Waals surface area contributed by atoms with E-state index in [9.17, 15) is 5.11 Å². The molecule has 1 atom stereocenters. The summed E-state index contributed by atoms with van der Waals surface area (Å²) in [5.41, 5.74) is -0.0342. The van der Waals surface area contributed by atoms with Gasteiger partial charge >= 0.3 is 0 Å². The number of para-hydroxylation sites is 1. The second kappa shape index (κ2) is 9.29.